The van der Waals surface area contributed by atoms with E-state index in [1.165, 1.54) is 38.9 Å². The third-order valence-corrected chi connectivity index (χ3v) is 7.31. The van der Waals surface area contributed by atoms with Gasteiger partial charge in [-0.25, -0.2) is 4.79 Å². The molecule has 208 valence electrons. The molecule has 0 spiro atoms. The van der Waals surface area contributed by atoms with E-state index < -0.39 is 5.60 Å². The molecule has 0 aromatic heterocycles. The maximum atomic E-state index is 12.8. The standard InChI is InChI=1S/C35H41N3O2/c1-24-18-27(8-11-30-13-10-29(23-36)20-25(30)2)22-28(19-24)9-12-31-14-15-32(21-26(31)3)33-37-16-7-17-38(33)34(39)40-35(4,5)6/h10,13-15,18-22H,7-9,11-12,16-17H2,1-6H3. The van der Waals surface area contributed by atoms with Crippen molar-refractivity contribution in [2.45, 2.75) is 79.2 Å². The Kier molecular flexibility index (Phi) is 9.10. The predicted octanol–water partition coefficient (Wildman–Crippen LogP) is 7.44. The number of rotatable bonds is 7. The van der Waals surface area contributed by atoms with Crippen molar-refractivity contribution in [2.75, 3.05) is 13.1 Å². The average Bonchev–Trinajstić information content (AvgIpc) is 2.90. The van der Waals surface area contributed by atoms with E-state index in [-0.39, 0.29) is 6.09 Å². The van der Waals surface area contributed by atoms with Crippen molar-refractivity contribution >= 4 is 11.9 Å². The molecule has 5 heteroatoms. The number of hydrogen-bond donors (Lipinski definition) is 0. The van der Waals surface area contributed by atoms with Crippen LogP contribution in [0.2, 0.25) is 0 Å². The van der Waals surface area contributed by atoms with Crippen LogP contribution in [0.25, 0.3) is 0 Å². The minimum absolute atomic E-state index is 0.336. The van der Waals surface area contributed by atoms with E-state index in [4.69, 9.17) is 15.0 Å². The van der Waals surface area contributed by atoms with Crippen molar-refractivity contribution in [1.82, 2.24) is 4.90 Å². The third kappa shape index (κ3) is 7.60. The Balaban J connectivity index is 1.43. The van der Waals surface area contributed by atoms with Crippen LogP contribution in [0.1, 0.15) is 77.3 Å². The van der Waals surface area contributed by atoms with E-state index >= 15 is 0 Å². The van der Waals surface area contributed by atoms with Crippen LogP contribution in [0.5, 0.6) is 0 Å². The molecule has 1 heterocycles. The number of aliphatic imine (C=N–C) groups is 1. The van der Waals surface area contributed by atoms with Gasteiger partial charge in [-0.2, -0.15) is 5.26 Å². The van der Waals surface area contributed by atoms with Gasteiger partial charge in [0.25, 0.3) is 0 Å². The lowest BCUT2D eigenvalue weighted by atomic mass is 9.94. The molecule has 1 aliphatic heterocycles. The van der Waals surface area contributed by atoms with Gasteiger partial charge in [-0.3, -0.25) is 9.89 Å². The van der Waals surface area contributed by atoms with Crippen LogP contribution in [0.15, 0.2) is 59.6 Å². The summed E-state index contributed by atoms with van der Waals surface area (Å²) < 4.78 is 5.64. The zero-order chi connectivity index (χ0) is 28.9. The van der Waals surface area contributed by atoms with Crippen molar-refractivity contribution in [3.8, 4) is 6.07 Å². The first-order chi connectivity index (χ1) is 19.0. The summed E-state index contributed by atoms with van der Waals surface area (Å²) in [5.74, 6) is 0.705. The Bertz CT molecular complexity index is 1460. The van der Waals surface area contributed by atoms with Crippen molar-refractivity contribution in [1.29, 1.82) is 5.26 Å². The highest BCUT2D eigenvalue weighted by molar-refractivity contribution is 6.07. The van der Waals surface area contributed by atoms with Crippen molar-refractivity contribution < 1.29 is 9.53 Å². The topological polar surface area (TPSA) is 65.7 Å². The smallest absolute Gasteiger partial charge is 0.416 e. The second-order valence-electron chi connectivity index (χ2n) is 11.9. The molecule has 0 saturated carbocycles. The van der Waals surface area contributed by atoms with Gasteiger partial charge in [-0.05, 0) is 125 Å². The van der Waals surface area contributed by atoms with Gasteiger partial charge in [0.1, 0.15) is 11.4 Å². The number of aryl methyl sites for hydroxylation is 7. The molecular weight excluding hydrogens is 494 g/mol. The number of amides is 1. The van der Waals surface area contributed by atoms with Crippen LogP contribution in [0.4, 0.5) is 4.79 Å². The Labute approximate surface area is 239 Å². The van der Waals surface area contributed by atoms with Gasteiger partial charge in [-0.15, -0.1) is 0 Å². The van der Waals surface area contributed by atoms with E-state index in [0.29, 0.717) is 12.4 Å². The van der Waals surface area contributed by atoms with Crippen molar-refractivity contribution in [3.05, 3.63) is 105 Å². The Hall–Kier alpha value is -3.91. The van der Waals surface area contributed by atoms with E-state index in [0.717, 1.165) is 49.8 Å². The largest absolute Gasteiger partial charge is 0.443 e. The molecule has 3 aromatic rings. The highest BCUT2D eigenvalue weighted by Crippen LogP contribution is 2.22. The van der Waals surface area contributed by atoms with Gasteiger partial charge in [0.2, 0.25) is 0 Å². The van der Waals surface area contributed by atoms with Gasteiger partial charge in [0, 0.05) is 18.7 Å². The fourth-order valence-electron chi connectivity index (χ4n) is 5.30. The SMILES string of the molecule is Cc1cc(CCc2ccc(C#N)cc2C)cc(CCc2ccc(C3=NCCCN3C(=O)OC(C)(C)C)cc2C)c1. The number of nitrogens with zero attached hydrogens (tertiary/aromatic N) is 3. The summed E-state index contributed by atoms with van der Waals surface area (Å²) in [7, 11) is 0. The summed E-state index contributed by atoms with van der Waals surface area (Å²) in [4.78, 5) is 19.2. The third-order valence-electron chi connectivity index (χ3n) is 7.31. The highest BCUT2D eigenvalue weighted by atomic mass is 16.6. The van der Waals surface area contributed by atoms with Crippen LogP contribution in [-0.4, -0.2) is 35.5 Å². The molecule has 0 atom stereocenters. The average molecular weight is 536 g/mol. The first-order valence-corrected chi connectivity index (χ1v) is 14.3. The van der Waals surface area contributed by atoms with Gasteiger partial charge in [0.15, 0.2) is 0 Å². The quantitative estimate of drug-likeness (QED) is 0.316. The predicted molar refractivity (Wildman–Crippen MR) is 162 cm³/mol. The minimum Gasteiger partial charge on any atom is -0.443 e. The summed E-state index contributed by atoms with van der Waals surface area (Å²) in [6, 6.07) is 21.5. The number of hydrogen-bond acceptors (Lipinski definition) is 4. The molecule has 0 radical (unpaired) electrons. The van der Waals surface area contributed by atoms with Crippen molar-refractivity contribution in [2.24, 2.45) is 4.99 Å². The molecule has 1 aliphatic rings. The maximum absolute atomic E-state index is 12.8. The molecule has 1 amide bonds. The fourth-order valence-corrected chi connectivity index (χ4v) is 5.30. The lowest BCUT2D eigenvalue weighted by Gasteiger charge is -2.30. The van der Waals surface area contributed by atoms with Gasteiger partial charge < -0.3 is 4.74 Å². The van der Waals surface area contributed by atoms with E-state index in [1.807, 2.05) is 32.9 Å². The second kappa shape index (κ2) is 12.5. The van der Waals surface area contributed by atoms with Crippen LogP contribution < -0.4 is 0 Å². The first-order valence-electron chi connectivity index (χ1n) is 14.3. The van der Waals surface area contributed by atoms with Gasteiger partial charge in [-0.1, -0.05) is 42.0 Å². The zero-order valence-corrected chi connectivity index (χ0v) is 24.8. The molecule has 0 bridgehead atoms. The summed E-state index contributed by atoms with van der Waals surface area (Å²) in [5.41, 5.74) is 10.1. The summed E-state index contributed by atoms with van der Waals surface area (Å²) in [6.45, 7) is 13.4. The lowest BCUT2D eigenvalue weighted by molar-refractivity contribution is 0.0364. The maximum Gasteiger partial charge on any atom is 0.416 e. The molecule has 3 aromatic carbocycles. The number of benzene rings is 3. The van der Waals surface area contributed by atoms with Crippen LogP contribution in [0.3, 0.4) is 0 Å². The summed E-state index contributed by atoms with van der Waals surface area (Å²) in [5, 5.41) is 9.14. The molecule has 40 heavy (non-hydrogen) atoms. The van der Waals surface area contributed by atoms with E-state index in [2.05, 4.69) is 69.3 Å². The summed E-state index contributed by atoms with van der Waals surface area (Å²) in [6.07, 6.45) is 4.36. The van der Waals surface area contributed by atoms with Crippen molar-refractivity contribution in [3.63, 3.8) is 0 Å². The molecule has 0 saturated heterocycles. The number of carbonyl (C=O) groups is 1. The molecule has 0 unspecified atom stereocenters. The van der Waals surface area contributed by atoms with E-state index in [9.17, 15) is 4.79 Å². The van der Waals surface area contributed by atoms with E-state index in [1.54, 1.807) is 4.90 Å². The van der Waals surface area contributed by atoms with Crippen LogP contribution >= 0.6 is 0 Å². The summed E-state index contributed by atoms with van der Waals surface area (Å²) >= 11 is 0. The molecule has 5 nitrogen and oxygen atoms in total. The fraction of sp³-hybridized carbons (Fsp3) is 0.400. The molecular formula is C35H41N3O2. The molecule has 4 rings (SSSR count). The second-order valence-corrected chi connectivity index (χ2v) is 11.9. The number of ether oxygens (including phenoxy) is 1. The number of nitriles is 1. The molecule has 0 N–H and O–H groups in total. The van der Waals surface area contributed by atoms with Crippen LogP contribution in [-0.2, 0) is 30.4 Å². The zero-order valence-electron chi connectivity index (χ0n) is 24.8. The minimum atomic E-state index is -0.544. The lowest BCUT2D eigenvalue weighted by Crippen LogP contribution is -2.44. The van der Waals surface area contributed by atoms with Gasteiger partial charge in [0.05, 0.1) is 11.6 Å². The Morgan fingerprint density at radius 1 is 0.900 bits per heavy atom. The number of carbonyl (C=O) groups excluding carboxylic acids is 1. The molecule has 0 fully saturated rings. The first kappa shape index (κ1) is 29.1. The van der Waals surface area contributed by atoms with Gasteiger partial charge >= 0.3 is 6.09 Å². The highest BCUT2D eigenvalue weighted by Gasteiger charge is 2.28. The number of amidine groups is 1. The molecule has 0 aliphatic carbocycles. The Morgan fingerprint density at radius 3 is 2.10 bits per heavy atom. The monoisotopic (exact) mass is 535 g/mol. The van der Waals surface area contributed by atoms with Crippen LogP contribution in [0, 0.1) is 32.1 Å². The Morgan fingerprint density at radius 2 is 1.52 bits per heavy atom. The normalized spacial score (nSPS) is 13.5.